The van der Waals surface area contributed by atoms with E-state index in [0.717, 1.165) is 29.5 Å². The zero-order valence-electron chi connectivity index (χ0n) is 17.0. The Hall–Kier alpha value is -3.60. The fraction of sp³-hybridized carbons (Fsp3) is 0.200. The van der Waals surface area contributed by atoms with Gasteiger partial charge in [0, 0.05) is 18.4 Å². The highest BCUT2D eigenvalue weighted by atomic mass is 16.2. The highest BCUT2D eigenvalue weighted by molar-refractivity contribution is 6.07. The SMILES string of the molecule is CC1=C(C(=O)Nc2ccccc2)[C@H](c2ccc3c4c(cccc24)CC3)NC(=O)N1C. The van der Waals surface area contributed by atoms with Gasteiger partial charge in [-0.25, -0.2) is 4.79 Å². The molecule has 0 spiro atoms. The average molecular weight is 397 g/mol. The summed E-state index contributed by atoms with van der Waals surface area (Å²) in [6.45, 7) is 1.83. The average Bonchev–Trinajstić information content (AvgIpc) is 3.18. The van der Waals surface area contributed by atoms with Crippen molar-refractivity contribution in [1.82, 2.24) is 10.2 Å². The summed E-state index contributed by atoms with van der Waals surface area (Å²) in [5.74, 6) is -0.209. The summed E-state index contributed by atoms with van der Waals surface area (Å²) >= 11 is 0. The van der Waals surface area contributed by atoms with Crippen molar-refractivity contribution in [3.63, 3.8) is 0 Å². The molecule has 1 heterocycles. The van der Waals surface area contributed by atoms with Crippen LogP contribution in [-0.4, -0.2) is 23.9 Å². The molecule has 0 radical (unpaired) electrons. The second-order valence-corrected chi connectivity index (χ2v) is 7.91. The van der Waals surface area contributed by atoms with Gasteiger partial charge in [0.1, 0.15) is 0 Å². The van der Waals surface area contributed by atoms with E-state index in [2.05, 4.69) is 41.0 Å². The zero-order chi connectivity index (χ0) is 20.8. The van der Waals surface area contributed by atoms with E-state index in [-0.39, 0.29) is 11.9 Å². The number of aryl methyl sites for hydroxylation is 2. The van der Waals surface area contributed by atoms with Gasteiger partial charge in [0.2, 0.25) is 0 Å². The van der Waals surface area contributed by atoms with E-state index in [0.29, 0.717) is 11.3 Å². The van der Waals surface area contributed by atoms with Gasteiger partial charge in [-0.1, -0.05) is 48.5 Å². The Balaban J connectivity index is 1.64. The van der Waals surface area contributed by atoms with Gasteiger partial charge >= 0.3 is 6.03 Å². The molecule has 0 saturated carbocycles. The van der Waals surface area contributed by atoms with Crippen molar-refractivity contribution in [3.8, 4) is 0 Å². The van der Waals surface area contributed by atoms with Crippen molar-refractivity contribution in [1.29, 1.82) is 0 Å². The van der Waals surface area contributed by atoms with E-state index >= 15 is 0 Å². The van der Waals surface area contributed by atoms with E-state index in [4.69, 9.17) is 0 Å². The topological polar surface area (TPSA) is 61.4 Å². The summed E-state index contributed by atoms with van der Waals surface area (Å²) in [6, 6.07) is 19.2. The minimum atomic E-state index is -0.512. The molecule has 30 heavy (non-hydrogen) atoms. The standard InChI is InChI=1S/C25H23N3O2/c1-15-21(24(29)26-18-8-4-3-5-9-18)23(27-25(30)28(15)2)20-14-13-17-12-11-16-7-6-10-19(20)22(16)17/h3-10,13-14,23H,11-12H2,1-2H3,(H,26,29)(H,27,30)/t23-/m0/s1. The molecule has 5 nitrogen and oxygen atoms in total. The highest BCUT2D eigenvalue weighted by Gasteiger charge is 2.35. The molecule has 1 atom stereocenters. The predicted molar refractivity (Wildman–Crippen MR) is 118 cm³/mol. The molecular formula is C25H23N3O2. The molecule has 5 rings (SSSR count). The normalized spacial score (nSPS) is 18.0. The molecule has 2 aliphatic rings. The Kier molecular flexibility index (Phi) is 4.31. The van der Waals surface area contributed by atoms with Gasteiger partial charge in [-0.2, -0.15) is 0 Å². The summed E-state index contributed by atoms with van der Waals surface area (Å²) in [6.07, 6.45) is 2.07. The van der Waals surface area contributed by atoms with Gasteiger partial charge in [-0.3, -0.25) is 4.79 Å². The van der Waals surface area contributed by atoms with Crippen molar-refractivity contribution in [2.24, 2.45) is 0 Å². The Morgan fingerprint density at radius 3 is 2.50 bits per heavy atom. The molecule has 1 aliphatic carbocycles. The number of hydrogen-bond acceptors (Lipinski definition) is 2. The Labute approximate surface area is 175 Å². The molecule has 5 heteroatoms. The first-order valence-electron chi connectivity index (χ1n) is 10.2. The maximum atomic E-state index is 13.3. The zero-order valence-corrected chi connectivity index (χ0v) is 17.0. The van der Waals surface area contributed by atoms with Crippen molar-refractivity contribution in [2.45, 2.75) is 25.8 Å². The van der Waals surface area contributed by atoms with Crippen LogP contribution in [0.2, 0.25) is 0 Å². The van der Waals surface area contributed by atoms with Crippen LogP contribution in [-0.2, 0) is 17.6 Å². The lowest BCUT2D eigenvalue weighted by molar-refractivity contribution is -0.113. The third-order valence-corrected chi connectivity index (χ3v) is 6.25. The van der Waals surface area contributed by atoms with Gasteiger partial charge in [0.05, 0.1) is 11.6 Å². The van der Waals surface area contributed by atoms with Crippen LogP contribution in [0.1, 0.15) is 29.7 Å². The minimum absolute atomic E-state index is 0.209. The molecule has 150 valence electrons. The fourth-order valence-corrected chi connectivity index (χ4v) is 4.60. The van der Waals surface area contributed by atoms with Crippen LogP contribution >= 0.6 is 0 Å². The molecule has 0 fully saturated rings. The maximum absolute atomic E-state index is 13.3. The van der Waals surface area contributed by atoms with Gasteiger partial charge in [-0.15, -0.1) is 0 Å². The van der Waals surface area contributed by atoms with Crippen molar-refractivity contribution < 1.29 is 9.59 Å². The molecule has 0 unspecified atom stereocenters. The molecule has 3 aromatic rings. The number of nitrogens with zero attached hydrogens (tertiary/aromatic N) is 1. The smallest absolute Gasteiger partial charge is 0.322 e. The Morgan fingerprint density at radius 1 is 1.00 bits per heavy atom. The monoisotopic (exact) mass is 397 g/mol. The number of amides is 3. The number of nitrogens with one attached hydrogen (secondary N) is 2. The number of carbonyl (C=O) groups is 2. The minimum Gasteiger partial charge on any atom is -0.326 e. The van der Waals surface area contributed by atoms with E-state index in [1.807, 2.05) is 37.3 Å². The summed E-state index contributed by atoms with van der Waals surface area (Å²) < 4.78 is 0. The number of para-hydroxylation sites is 1. The van der Waals surface area contributed by atoms with E-state index in [1.165, 1.54) is 21.4 Å². The number of hydrogen-bond donors (Lipinski definition) is 2. The van der Waals surface area contributed by atoms with Crippen LogP contribution in [0.3, 0.4) is 0 Å². The first kappa shape index (κ1) is 18.4. The number of allylic oxidation sites excluding steroid dienone is 1. The molecule has 1 aliphatic heterocycles. The van der Waals surface area contributed by atoms with Gasteiger partial charge in [0.25, 0.3) is 5.91 Å². The van der Waals surface area contributed by atoms with Crippen LogP contribution < -0.4 is 10.6 Å². The van der Waals surface area contributed by atoms with E-state index in [9.17, 15) is 9.59 Å². The number of carbonyl (C=O) groups excluding carboxylic acids is 2. The van der Waals surface area contributed by atoms with Gasteiger partial charge in [0.15, 0.2) is 0 Å². The maximum Gasteiger partial charge on any atom is 0.322 e. The highest BCUT2D eigenvalue weighted by Crippen LogP contribution is 2.39. The van der Waals surface area contributed by atoms with Crippen LogP contribution in [0, 0.1) is 0 Å². The number of urea groups is 1. The predicted octanol–water partition coefficient (Wildman–Crippen LogP) is 4.55. The molecule has 0 saturated heterocycles. The van der Waals surface area contributed by atoms with Gasteiger partial charge in [-0.05, 0) is 59.4 Å². The molecule has 0 aromatic heterocycles. The molecule has 3 amide bonds. The summed E-state index contributed by atoms with van der Waals surface area (Å²) in [5.41, 5.74) is 5.55. The van der Waals surface area contributed by atoms with Crippen LogP contribution in [0.4, 0.5) is 10.5 Å². The van der Waals surface area contributed by atoms with Crippen LogP contribution in [0.5, 0.6) is 0 Å². The molecule has 2 N–H and O–H groups in total. The second-order valence-electron chi connectivity index (χ2n) is 7.91. The first-order chi connectivity index (χ1) is 14.5. The largest absolute Gasteiger partial charge is 0.326 e. The first-order valence-corrected chi connectivity index (χ1v) is 10.2. The summed E-state index contributed by atoms with van der Waals surface area (Å²) in [7, 11) is 1.68. The van der Waals surface area contributed by atoms with Crippen molar-refractivity contribution in [3.05, 3.63) is 88.6 Å². The van der Waals surface area contributed by atoms with Crippen LogP contribution in [0.15, 0.2) is 71.9 Å². The quantitative estimate of drug-likeness (QED) is 0.681. The Morgan fingerprint density at radius 2 is 1.73 bits per heavy atom. The molecular weight excluding hydrogens is 374 g/mol. The lowest BCUT2D eigenvalue weighted by Gasteiger charge is -2.34. The fourth-order valence-electron chi connectivity index (χ4n) is 4.60. The lowest BCUT2D eigenvalue weighted by atomic mass is 9.89. The lowest BCUT2D eigenvalue weighted by Crippen LogP contribution is -2.46. The Bertz CT molecular complexity index is 1200. The number of anilines is 1. The van der Waals surface area contributed by atoms with Crippen molar-refractivity contribution >= 4 is 28.4 Å². The second kappa shape index (κ2) is 7.02. The third kappa shape index (κ3) is 2.86. The van der Waals surface area contributed by atoms with E-state index in [1.54, 1.807) is 7.05 Å². The third-order valence-electron chi connectivity index (χ3n) is 6.25. The van der Waals surface area contributed by atoms with Gasteiger partial charge < -0.3 is 15.5 Å². The summed E-state index contributed by atoms with van der Waals surface area (Å²) in [4.78, 5) is 27.5. The van der Waals surface area contributed by atoms with Crippen LogP contribution in [0.25, 0.3) is 10.8 Å². The van der Waals surface area contributed by atoms with Crippen molar-refractivity contribution in [2.75, 3.05) is 12.4 Å². The molecule has 3 aromatic carbocycles. The van der Waals surface area contributed by atoms with E-state index < -0.39 is 6.04 Å². The number of benzene rings is 3. The molecule has 0 bridgehead atoms. The summed E-state index contributed by atoms with van der Waals surface area (Å²) in [5, 5.41) is 8.41. The number of rotatable bonds is 3.